The van der Waals surface area contributed by atoms with Gasteiger partial charge in [0.05, 0.1) is 17.2 Å². The highest BCUT2D eigenvalue weighted by molar-refractivity contribution is 6.62. The molecule has 1 atom stereocenters. The maximum atomic E-state index is 6.29. The lowest BCUT2D eigenvalue weighted by molar-refractivity contribution is 0.00578. The molecule has 4 nitrogen and oxygen atoms in total. The second kappa shape index (κ2) is 5.65. The topological polar surface area (TPSA) is 36.3 Å². The van der Waals surface area contributed by atoms with Crippen LogP contribution in [0.5, 0.6) is 0 Å². The number of nitrogens with zero attached hydrogens (tertiary/aromatic N) is 2. The van der Waals surface area contributed by atoms with Crippen molar-refractivity contribution in [3.8, 4) is 0 Å². The van der Waals surface area contributed by atoms with E-state index in [9.17, 15) is 0 Å². The molecule has 0 radical (unpaired) electrons. The Balaban J connectivity index is 1.83. The van der Waals surface area contributed by atoms with Gasteiger partial charge in [-0.2, -0.15) is 5.10 Å². The Morgan fingerprint density at radius 2 is 1.74 bits per heavy atom. The highest BCUT2D eigenvalue weighted by Gasteiger charge is 2.52. The Bertz CT molecular complexity index is 698. The molecule has 122 valence electrons. The van der Waals surface area contributed by atoms with E-state index in [0.29, 0.717) is 0 Å². The molecule has 0 N–H and O–H groups in total. The van der Waals surface area contributed by atoms with Gasteiger partial charge >= 0.3 is 7.12 Å². The minimum Gasteiger partial charge on any atom is -0.399 e. The molecular weight excluding hydrogens is 310 g/mol. The number of hydrogen-bond donors (Lipinski definition) is 0. The molecular formula is C17H22BClN2O2. The van der Waals surface area contributed by atoms with Crippen LogP contribution in [-0.4, -0.2) is 28.1 Å². The van der Waals surface area contributed by atoms with Crippen molar-refractivity contribution in [3.05, 3.63) is 47.2 Å². The van der Waals surface area contributed by atoms with Gasteiger partial charge in [-0.3, -0.25) is 4.68 Å². The van der Waals surface area contributed by atoms with E-state index in [1.165, 1.54) is 0 Å². The van der Waals surface area contributed by atoms with Crippen LogP contribution in [0.25, 0.3) is 0 Å². The first-order valence-electron chi connectivity index (χ1n) is 7.85. The van der Waals surface area contributed by atoms with Crippen molar-refractivity contribution in [2.24, 2.45) is 0 Å². The first-order chi connectivity index (χ1) is 10.7. The summed E-state index contributed by atoms with van der Waals surface area (Å²) in [7, 11) is -0.396. The molecule has 1 aromatic carbocycles. The van der Waals surface area contributed by atoms with Crippen molar-refractivity contribution in [1.29, 1.82) is 0 Å². The zero-order chi connectivity index (χ0) is 16.8. The molecule has 0 aliphatic carbocycles. The van der Waals surface area contributed by atoms with Crippen LogP contribution in [0.15, 0.2) is 36.7 Å². The Morgan fingerprint density at radius 1 is 1.13 bits per heavy atom. The predicted molar refractivity (Wildman–Crippen MR) is 93.2 cm³/mol. The standard InChI is InChI=1S/C17H22BClN2O2/c1-12(14-8-6-7-9-15(14)19)21-11-13(10-20-21)18-22-16(2,3)17(4,5)23-18/h6-12H,1-5H3/t12-/m0/s1. The molecule has 0 spiro atoms. The van der Waals surface area contributed by atoms with E-state index < -0.39 is 7.12 Å². The molecule has 2 aromatic rings. The van der Waals surface area contributed by atoms with Crippen LogP contribution in [-0.2, 0) is 9.31 Å². The fraction of sp³-hybridized carbons (Fsp3) is 0.471. The van der Waals surface area contributed by atoms with Gasteiger partial charge in [-0.1, -0.05) is 29.8 Å². The molecule has 1 fully saturated rings. The summed E-state index contributed by atoms with van der Waals surface area (Å²) in [5.74, 6) is 0. The summed E-state index contributed by atoms with van der Waals surface area (Å²) in [6, 6.07) is 7.86. The maximum Gasteiger partial charge on any atom is 0.498 e. The number of rotatable bonds is 3. The molecule has 0 saturated carbocycles. The third kappa shape index (κ3) is 2.93. The zero-order valence-electron chi connectivity index (χ0n) is 14.2. The van der Waals surface area contributed by atoms with Crippen LogP contribution in [0.1, 0.15) is 46.2 Å². The van der Waals surface area contributed by atoms with Crippen LogP contribution >= 0.6 is 11.6 Å². The minimum absolute atomic E-state index is 0.0415. The van der Waals surface area contributed by atoms with Gasteiger partial charge in [-0.15, -0.1) is 0 Å². The molecule has 23 heavy (non-hydrogen) atoms. The third-order valence-corrected chi connectivity index (χ3v) is 5.24. The number of aromatic nitrogens is 2. The maximum absolute atomic E-state index is 6.29. The quantitative estimate of drug-likeness (QED) is 0.808. The monoisotopic (exact) mass is 332 g/mol. The van der Waals surface area contributed by atoms with E-state index in [4.69, 9.17) is 20.9 Å². The van der Waals surface area contributed by atoms with Gasteiger partial charge in [0.25, 0.3) is 0 Å². The lowest BCUT2D eigenvalue weighted by atomic mass is 9.82. The van der Waals surface area contributed by atoms with Crippen LogP contribution in [0, 0.1) is 0 Å². The van der Waals surface area contributed by atoms with Gasteiger partial charge in [0.1, 0.15) is 0 Å². The second-order valence-electron chi connectivity index (χ2n) is 7.04. The number of halogens is 1. The summed E-state index contributed by atoms with van der Waals surface area (Å²) in [5, 5.41) is 5.21. The van der Waals surface area contributed by atoms with Crippen LogP contribution in [0.2, 0.25) is 5.02 Å². The first kappa shape index (κ1) is 16.6. The average molecular weight is 333 g/mol. The summed E-state index contributed by atoms with van der Waals surface area (Å²) in [6.07, 6.45) is 3.77. The molecule has 1 aliphatic heterocycles. The average Bonchev–Trinajstić information content (AvgIpc) is 3.02. The Kier molecular flexibility index (Phi) is 4.07. The van der Waals surface area contributed by atoms with E-state index >= 15 is 0 Å². The molecule has 6 heteroatoms. The molecule has 3 rings (SSSR count). The fourth-order valence-electron chi connectivity index (χ4n) is 2.62. The molecule has 0 bridgehead atoms. The predicted octanol–water partition coefficient (Wildman–Crippen LogP) is 3.45. The molecule has 1 aliphatic rings. The van der Waals surface area contributed by atoms with Crippen molar-refractivity contribution in [2.45, 2.75) is 51.9 Å². The van der Waals surface area contributed by atoms with Crippen molar-refractivity contribution < 1.29 is 9.31 Å². The summed E-state index contributed by atoms with van der Waals surface area (Å²) >= 11 is 6.29. The van der Waals surface area contributed by atoms with E-state index in [-0.39, 0.29) is 17.2 Å². The zero-order valence-corrected chi connectivity index (χ0v) is 15.0. The SMILES string of the molecule is C[C@@H](c1ccccc1Cl)n1cc(B2OC(C)(C)C(C)(C)O2)cn1. The van der Waals surface area contributed by atoms with Crippen LogP contribution in [0.4, 0.5) is 0 Å². The minimum atomic E-state index is -0.396. The normalized spacial score (nSPS) is 20.7. The molecule has 0 amide bonds. The Morgan fingerprint density at radius 3 is 2.35 bits per heavy atom. The number of benzene rings is 1. The summed E-state index contributed by atoms with van der Waals surface area (Å²) in [4.78, 5) is 0. The van der Waals surface area contributed by atoms with Crippen LogP contribution < -0.4 is 5.46 Å². The van der Waals surface area contributed by atoms with E-state index in [1.807, 2.05) is 62.8 Å². The van der Waals surface area contributed by atoms with Crippen LogP contribution in [0.3, 0.4) is 0 Å². The smallest absolute Gasteiger partial charge is 0.399 e. The van der Waals surface area contributed by atoms with Gasteiger partial charge in [0.15, 0.2) is 0 Å². The second-order valence-corrected chi connectivity index (χ2v) is 7.45. The van der Waals surface area contributed by atoms with Crippen molar-refractivity contribution in [2.75, 3.05) is 0 Å². The molecule has 2 heterocycles. The first-order valence-corrected chi connectivity index (χ1v) is 8.23. The van der Waals surface area contributed by atoms with E-state index in [1.54, 1.807) is 6.20 Å². The van der Waals surface area contributed by atoms with E-state index in [2.05, 4.69) is 12.0 Å². The number of hydrogen-bond acceptors (Lipinski definition) is 3. The van der Waals surface area contributed by atoms with Gasteiger partial charge in [-0.05, 0) is 46.2 Å². The Labute approximate surface area is 142 Å². The van der Waals surface area contributed by atoms with Gasteiger partial charge in [0, 0.05) is 22.9 Å². The highest BCUT2D eigenvalue weighted by Crippen LogP contribution is 2.36. The fourth-order valence-corrected chi connectivity index (χ4v) is 2.92. The largest absolute Gasteiger partial charge is 0.498 e. The molecule has 1 aromatic heterocycles. The molecule has 1 saturated heterocycles. The highest BCUT2D eigenvalue weighted by atomic mass is 35.5. The van der Waals surface area contributed by atoms with E-state index in [0.717, 1.165) is 16.0 Å². The van der Waals surface area contributed by atoms with Gasteiger partial charge < -0.3 is 9.31 Å². The van der Waals surface area contributed by atoms with Crippen molar-refractivity contribution in [3.63, 3.8) is 0 Å². The summed E-state index contributed by atoms with van der Waals surface area (Å²) in [5.41, 5.74) is 1.25. The van der Waals surface area contributed by atoms with Gasteiger partial charge in [-0.25, -0.2) is 0 Å². The summed E-state index contributed by atoms with van der Waals surface area (Å²) in [6.45, 7) is 10.3. The lowest BCUT2D eigenvalue weighted by Crippen LogP contribution is -2.41. The van der Waals surface area contributed by atoms with Crippen molar-refractivity contribution >= 4 is 24.2 Å². The van der Waals surface area contributed by atoms with Crippen molar-refractivity contribution in [1.82, 2.24) is 9.78 Å². The summed E-state index contributed by atoms with van der Waals surface area (Å²) < 4.78 is 14.0. The lowest BCUT2D eigenvalue weighted by Gasteiger charge is -2.32. The Hall–Kier alpha value is -1.30. The third-order valence-electron chi connectivity index (χ3n) is 4.90. The molecule has 0 unspecified atom stereocenters. The van der Waals surface area contributed by atoms with Gasteiger partial charge in [0.2, 0.25) is 0 Å².